The smallest absolute Gasteiger partial charge is 0.371 e. The predicted molar refractivity (Wildman–Crippen MR) is 87.1 cm³/mol. The molecule has 1 amide bonds. The van der Waals surface area contributed by atoms with Crippen LogP contribution in [0.3, 0.4) is 0 Å². The standard InChI is InChI=1S/C17H19NO4S/c19-15(12-6-7-13(22-12)16(20)21)18-11-17(8-2-1-3-9-17)14-5-4-10-23-14/h4-7,10H,1-3,8-9,11H2,(H,18,19)(H,20,21). The Morgan fingerprint density at radius 2 is 1.91 bits per heavy atom. The molecule has 1 aliphatic carbocycles. The third kappa shape index (κ3) is 3.32. The van der Waals surface area contributed by atoms with E-state index >= 15 is 0 Å². The number of carboxylic acid groups (broad SMARTS) is 1. The number of carbonyl (C=O) groups is 2. The average molecular weight is 333 g/mol. The first-order chi connectivity index (χ1) is 11.1. The summed E-state index contributed by atoms with van der Waals surface area (Å²) in [5.74, 6) is -1.72. The van der Waals surface area contributed by atoms with Crippen molar-refractivity contribution < 1.29 is 19.1 Å². The highest BCUT2D eigenvalue weighted by atomic mass is 32.1. The van der Waals surface area contributed by atoms with Crippen molar-refractivity contribution in [3.8, 4) is 0 Å². The van der Waals surface area contributed by atoms with Gasteiger partial charge in [-0.25, -0.2) is 4.79 Å². The highest BCUT2D eigenvalue weighted by Crippen LogP contribution is 2.41. The average Bonchev–Trinajstić information content (AvgIpc) is 3.25. The maximum absolute atomic E-state index is 12.2. The number of carbonyl (C=O) groups excluding carboxylic acids is 1. The fourth-order valence-corrected chi connectivity index (χ4v) is 4.22. The first kappa shape index (κ1) is 15.8. The maximum Gasteiger partial charge on any atom is 0.371 e. The van der Waals surface area contributed by atoms with Gasteiger partial charge in [0.15, 0.2) is 5.76 Å². The van der Waals surface area contributed by atoms with E-state index in [9.17, 15) is 9.59 Å². The quantitative estimate of drug-likeness (QED) is 0.875. The van der Waals surface area contributed by atoms with Crippen LogP contribution in [0.2, 0.25) is 0 Å². The molecule has 2 aromatic heterocycles. The molecule has 2 N–H and O–H groups in total. The number of thiophene rings is 1. The molecule has 0 atom stereocenters. The summed E-state index contributed by atoms with van der Waals surface area (Å²) in [6.45, 7) is 0.551. The van der Waals surface area contributed by atoms with Crippen molar-refractivity contribution in [2.24, 2.45) is 0 Å². The number of furan rings is 1. The topological polar surface area (TPSA) is 79.5 Å². The van der Waals surface area contributed by atoms with Crippen LogP contribution in [0.25, 0.3) is 0 Å². The van der Waals surface area contributed by atoms with Gasteiger partial charge in [-0.1, -0.05) is 25.3 Å². The third-order valence-corrected chi connectivity index (χ3v) is 5.60. The van der Waals surface area contributed by atoms with Gasteiger partial charge < -0.3 is 14.8 Å². The van der Waals surface area contributed by atoms with Gasteiger partial charge in [0.1, 0.15) is 0 Å². The van der Waals surface area contributed by atoms with Gasteiger partial charge in [-0.05, 0) is 36.4 Å². The second-order valence-corrected chi connectivity index (χ2v) is 6.92. The monoisotopic (exact) mass is 333 g/mol. The number of amides is 1. The molecule has 6 heteroatoms. The lowest BCUT2D eigenvalue weighted by Gasteiger charge is -2.36. The molecular formula is C17H19NO4S. The largest absolute Gasteiger partial charge is 0.475 e. The molecule has 0 aliphatic heterocycles. The molecule has 1 fully saturated rings. The van der Waals surface area contributed by atoms with Gasteiger partial charge in [0.05, 0.1) is 0 Å². The van der Waals surface area contributed by atoms with E-state index in [-0.39, 0.29) is 22.8 Å². The van der Waals surface area contributed by atoms with Gasteiger partial charge >= 0.3 is 5.97 Å². The van der Waals surface area contributed by atoms with Gasteiger partial charge in [0.2, 0.25) is 5.76 Å². The van der Waals surface area contributed by atoms with Gasteiger partial charge in [-0.15, -0.1) is 11.3 Å². The summed E-state index contributed by atoms with van der Waals surface area (Å²) >= 11 is 1.73. The van der Waals surface area contributed by atoms with Gasteiger partial charge in [0, 0.05) is 16.8 Å². The van der Waals surface area contributed by atoms with Gasteiger partial charge in [0.25, 0.3) is 5.91 Å². The molecule has 0 bridgehead atoms. The summed E-state index contributed by atoms with van der Waals surface area (Å²) < 4.78 is 5.06. The molecule has 0 unspecified atom stereocenters. The van der Waals surface area contributed by atoms with Crippen LogP contribution >= 0.6 is 11.3 Å². The van der Waals surface area contributed by atoms with Crippen LogP contribution in [0.1, 0.15) is 58.1 Å². The van der Waals surface area contributed by atoms with Crippen LogP contribution in [0, 0.1) is 0 Å². The SMILES string of the molecule is O=C(O)c1ccc(C(=O)NCC2(c3cccs3)CCCCC2)o1. The van der Waals surface area contributed by atoms with E-state index in [0.717, 1.165) is 25.7 Å². The van der Waals surface area contributed by atoms with Crippen LogP contribution in [0.5, 0.6) is 0 Å². The van der Waals surface area contributed by atoms with E-state index in [2.05, 4.69) is 16.8 Å². The van der Waals surface area contributed by atoms with Crippen LogP contribution in [-0.2, 0) is 5.41 Å². The Balaban J connectivity index is 1.71. The first-order valence-corrected chi connectivity index (χ1v) is 8.64. The van der Waals surface area contributed by atoms with Crippen molar-refractivity contribution in [2.75, 3.05) is 6.54 Å². The lowest BCUT2D eigenvalue weighted by Crippen LogP contribution is -2.41. The second kappa shape index (κ2) is 6.58. The van der Waals surface area contributed by atoms with Gasteiger partial charge in [-0.3, -0.25) is 4.79 Å². The molecule has 122 valence electrons. The molecule has 5 nitrogen and oxygen atoms in total. The number of hydrogen-bond acceptors (Lipinski definition) is 4. The van der Waals surface area contributed by atoms with E-state index in [1.165, 1.54) is 23.4 Å². The molecule has 1 saturated carbocycles. The lowest BCUT2D eigenvalue weighted by atomic mass is 9.73. The summed E-state index contributed by atoms with van der Waals surface area (Å²) in [6, 6.07) is 6.88. The summed E-state index contributed by atoms with van der Waals surface area (Å²) in [5, 5.41) is 13.9. The highest BCUT2D eigenvalue weighted by Gasteiger charge is 2.35. The van der Waals surface area contributed by atoms with Crippen molar-refractivity contribution in [3.05, 3.63) is 46.0 Å². The van der Waals surface area contributed by atoms with Crippen molar-refractivity contribution in [2.45, 2.75) is 37.5 Å². The lowest BCUT2D eigenvalue weighted by molar-refractivity contribution is 0.0659. The maximum atomic E-state index is 12.2. The van der Waals surface area contributed by atoms with E-state index in [4.69, 9.17) is 9.52 Å². The van der Waals surface area contributed by atoms with Crippen molar-refractivity contribution >= 4 is 23.2 Å². The molecule has 0 saturated heterocycles. The molecule has 0 aromatic carbocycles. The van der Waals surface area contributed by atoms with Crippen molar-refractivity contribution in [3.63, 3.8) is 0 Å². The normalized spacial score (nSPS) is 16.9. The number of aromatic carboxylic acids is 1. The van der Waals surface area contributed by atoms with E-state index in [1.54, 1.807) is 11.3 Å². The Hall–Kier alpha value is -2.08. The molecule has 0 spiro atoms. The Morgan fingerprint density at radius 1 is 1.17 bits per heavy atom. The molecule has 23 heavy (non-hydrogen) atoms. The Morgan fingerprint density at radius 3 is 2.52 bits per heavy atom. The van der Waals surface area contributed by atoms with Crippen LogP contribution in [0.15, 0.2) is 34.1 Å². The minimum absolute atomic E-state index is 0.00963. The minimum Gasteiger partial charge on any atom is -0.475 e. The van der Waals surface area contributed by atoms with Gasteiger partial charge in [-0.2, -0.15) is 0 Å². The highest BCUT2D eigenvalue weighted by molar-refractivity contribution is 7.10. The zero-order valence-corrected chi connectivity index (χ0v) is 13.5. The number of hydrogen-bond donors (Lipinski definition) is 2. The molecule has 2 heterocycles. The summed E-state index contributed by atoms with van der Waals surface area (Å²) in [7, 11) is 0. The summed E-state index contributed by atoms with van der Waals surface area (Å²) in [4.78, 5) is 24.4. The Labute approximate surface area is 138 Å². The van der Waals surface area contributed by atoms with Crippen LogP contribution in [-0.4, -0.2) is 23.5 Å². The fraction of sp³-hybridized carbons (Fsp3) is 0.412. The fourth-order valence-electron chi connectivity index (χ4n) is 3.23. The predicted octanol–water partition coefficient (Wildman–Crippen LogP) is 3.67. The van der Waals surface area contributed by atoms with E-state index < -0.39 is 5.97 Å². The van der Waals surface area contributed by atoms with Crippen LogP contribution in [0.4, 0.5) is 0 Å². The van der Waals surface area contributed by atoms with Crippen molar-refractivity contribution in [1.29, 1.82) is 0 Å². The van der Waals surface area contributed by atoms with E-state index in [1.807, 2.05) is 6.07 Å². The zero-order chi connectivity index (χ0) is 16.3. The Kier molecular flexibility index (Phi) is 4.52. The van der Waals surface area contributed by atoms with E-state index in [0.29, 0.717) is 6.54 Å². The van der Waals surface area contributed by atoms with Crippen molar-refractivity contribution in [1.82, 2.24) is 5.32 Å². The minimum atomic E-state index is -1.17. The number of carboxylic acids is 1. The zero-order valence-electron chi connectivity index (χ0n) is 12.7. The third-order valence-electron chi connectivity index (χ3n) is 4.48. The molecule has 0 radical (unpaired) electrons. The first-order valence-electron chi connectivity index (χ1n) is 7.76. The second-order valence-electron chi connectivity index (χ2n) is 5.97. The number of nitrogens with one attached hydrogen (secondary N) is 1. The Bertz CT molecular complexity index is 683. The summed E-state index contributed by atoms with van der Waals surface area (Å²) in [6.07, 6.45) is 5.69. The number of rotatable bonds is 5. The van der Waals surface area contributed by atoms with Crippen LogP contribution < -0.4 is 5.32 Å². The molecular weight excluding hydrogens is 314 g/mol. The molecule has 2 aromatic rings. The summed E-state index contributed by atoms with van der Waals surface area (Å²) in [5.41, 5.74) is -0.00963. The molecule has 3 rings (SSSR count). The molecule has 1 aliphatic rings.